The van der Waals surface area contributed by atoms with Crippen molar-refractivity contribution in [3.63, 3.8) is 0 Å². The molecule has 0 saturated heterocycles. The number of rotatable bonds is 4. The molecule has 1 heterocycles. The number of carbonyl (C=O) groups is 1. The second kappa shape index (κ2) is 4.61. The van der Waals surface area contributed by atoms with E-state index < -0.39 is 5.54 Å². The van der Waals surface area contributed by atoms with Crippen molar-refractivity contribution in [2.45, 2.75) is 25.8 Å². The van der Waals surface area contributed by atoms with Gasteiger partial charge in [0.25, 0.3) is 5.91 Å². The lowest BCUT2D eigenvalue weighted by atomic mass is 9.99. The Balaban J connectivity index is 2.86. The van der Waals surface area contributed by atoms with E-state index in [9.17, 15) is 4.79 Å². The SMILES string of the molecule is CCC(C)(NC(=O)c1ccnn1C)C(N)=S. The average molecular weight is 240 g/mol. The summed E-state index contributed by atoms with van der Waals surface area (Å²) in [5.74, 6) is -0.225. The average Bonchev–Trinajstić information content (AvgIpc) is 2.64. The Bertz CT molecular complexity index is 415. The summed E-state index contributed by atoms with van der Waals surface area (Å²) in [7, 11) is 1.71. The minimum absolute atomic E-state index is 0.225. The topological polar surface area (TPSA) is 72.9 Å². The number of carbonyl (C=O) groups excluding carboxylic acids is 1. The largest absolute Gasteiger partial charge is 0.391 e. The van der Waals surface area contributed by atoms with Crippen LogP contribution in [0.4, 0.5) is 0 Å². The molecule has 5 nitrogen and oxygen atoms in total. The molecule has 0 radical (unpaired) electrons. The summed E-state index contributed by atoms with van der Waals surface area (Å²) in [5, 5.41) is 6.75. The van der Waals surface area contributed by atoms with Crippen LogP contribution in [-0.4, -0.2) is 26.2 Å². The summed E-state index contributed by atoms with van der Waals surface area (Å²) in [6, 6.07) is 1.64. The third-order valence-corrected chi connectivity index (χ3v) is 3.14. The second-order valence-electron chi connectivity index (χ2n) is 3.84. The Hall–Kier alpha value is -1.43. The fourth-order valence-corrected chi connectivity index (χ4v) is 1.43. The Labute approximate surface area is 100 Å². The maximum absolute atomic E-state index is 11.9. The van der Waals surface area contributed by atoms with Crippen LogP contribution in [0.25, 0.3) is 0 Å². The molecule has 0 aliphatic heterocycles. The lowest BCUT2D eigenvalue weighted by molar-refractivity contribution is 0.0917. The maximum Gasteiger partial charge on any atom is 0.270 e. The van der Waals surface area contributed by atoms with E-state index in [2.05, 4.69) is 10.4 Å². The molecule has 1 aromatic rings. The summed E-state index contributed by atoms with van der Waals surface area (Å²) in [5.41, 5.74) is 5.44. The van der Waals surface area contributed by atoms with E-state index in [0.29, 0.717) is 12.1 Å². The summed E-state index contributed by atoms with van der Waals surface area (Å²) in [4.78, 5) is 12.2. The molecule has 1 aromatic heterocycles. The van der Waals surface area contributed by atoms with Crippen molar-refractivity contribution >= 4 is 23.1 Å². The minimum Gasteiger partial charge on any atom is -0.391 e. The quantitative estimate of drug-likeness (QED) is 0.756. The number of hydrogen-bond acceptors (Lipinski definition) is 3. The number of hydrogen-bond donors (Lipinski definition) is 2. The van der Waals surface area contributed by atoms with Gasteiger partial charge in [-0.15, -0.1) is 0 Å². The summed E-state index contributed by atoms with van der Waals surface area (Å²) < 4.78 is 1.50. The van der Waals surface area contributed by atoms with Gasteiger partial charge in [-0.1, -0.05) is 19.1 Å². The molecule has 1 amide bonds. The molecule has 0 bridgehead atoms. The first kappa shape index (κ1) is 12.6. The van der Waals surface area contributed by atoms with Crippen molar-refractivity contribution in [2.24, 2.45) is 12.8 Å². The zero-order chi connectivity index (χ0) is 12.3. The summed E-state index contributed by atoms with van der Waals surface area (Å²) >= 11 is 4.95. The standard InChI is InChI=1S/C10H16N4OS/c1-4-10(2,9(11)16)13-8(15)7-5-6-12-14(7)3/h5-6H,4H2,1-3H3,(H2,11,16)(H,13,15). The van der Waals surface area contributed by atoms with E-state index >= 15 is 0 Å². The number of nitrogens with two attached hydrogens (primary N) is 1. The van der Waals surface area contributed by atoms with E-state index in [1.807, 2.05) is 13.8 Å². The summed E-state index contributed by atoms with van der Waals surface area (Å²) in [6.45, 7) is 3.73. The predicted octanol–water partition coefficient (Wildman–Crippen LogP) is 0.605. The Morgan fingerprint density at radius 1 is 1.75 bits per heavy atom. The van der Waals surface area contributed by atoms with Crippen molar-refractivity contribution < 1.29 is 4.79 Å². The molecular weight excluding hydrogens is 224 g/mol. The van der Waals surface area contributed by atoms with Gasteiger partial charge in [0.05, 0.1) is 10.5 Å². The van der Waals surface area contributed by atoms with Crippen LogP contribution in [0.2, 0.25) is 0 Å². The first-order chi connectivity index (χ1) is 7.40. The van der Waals surface area contributed by atoms with Gasteiger partial charge in [0.15, 0.2) is 0 Å². The van der Waals surface area contributed by atoms with E-state index in [0.717, 1.165) is 0 Å². The molecule has 0 saturated carbocycles. The van der Waals surface area contributed by atoms with Crippen molar-refractivity contribution in [1.29, 1.82) is 0 Å². The van der Waals surface area contributed by atoms with Gasteiger partial charge in [0.1, 0.15) is 5.69 Å². The monoisotopic (exact) mass is 240 g/mol. The Morgan fingerprint density at radius 3 is 2.75 bits per heavy atom. The molecule has 3 N–H and O–H groups in total. The highest BCUT2D eigenvalue weighted by Crippen LogP contribution is 2.11. The molecule has 0 spiro atoms. The first-order valence-corrected chi connectivity index (χ1v) is 5.42. The second-order valence-corrected chi connectivity index (χ2v) is 4.28. The van der Waals surface area contributed by atoms with Crippen molar-refractivity contribution in [2.75, 3.05) is 0 Å². The molecule has 1 unspecified atom stereocenters. The van der Waals surface area contributed by atoms with Gasteiger partial charge >= 0.3 is 0 Å². The van der Waals surface area contributed by atoms with Gasteiger partial charge in [-0.25, -0.2) is 0 Å². The van der Waals surface area contributed by atoms with E-state index in [-0.39, 0.29) is 10.9 Å². The Kier molecular flexibility index (Phi) is 3.64. The molecule has 88 valence electrons. The highest BCUT2D eigenvalue weighted by atomic mass is 32.1. The number of nitrogens with one attached hydrogen (secondary N) is 1. The van der Waals surface area contributed by atoms with Crippen LogP contribution in [0.15, 0.2) is 12.3 Å². The zero-order valence-electron chi connectivity index (χ0n) is 9.65. The molecule has 6 heteroatoms. The normalized spacial score (nSPS) is 14.2. The van der Waals surface area contributed by atoms with Crippen molar-refractivity contribution in [3.05, 3.63) is 18.0 Å². The van der Waals surface area contributed by atoms with Crippen LogP contribution < -0.4 is 11.1 Å². The van der Waals surface area contributed by atoms with Gasteiger partial charge in [-0.05, 0) is 19.4 Å². The van der Waals surface area contributed by atoms with Crippen molar-refractivity contribution in [3.8, 4) is 0 Å². The number of nitrogens with zero attached hydrogens (tertiary/aromatic N) is 2. The fraction of sp³-hybridized carbons (Fsp3) is 0.500. The third kappa shape index (κ3) is 2.38. The van der Waals surface area contributed by atoms with Crippen LogP contribution in [0, 0.1) is 0 Å². The van der Waals surface area contributed by atoms with E-state index in [1.165, 1.54) is 4.68 Å². The van der Waals surface area contributed by atoms with Gasteiger partial charge < -0.3 is 11.1 Å². The van der Waals surface area contributed by atoms with Crippen LogP contribution in [-0.2, 0) is 7.05 Å². The first-order valence-electron chi connectivity index (χ1n) is 5.01. The summed E-state index contributed by atoms with van der Waals surface area (Å²) in [6.07, 6.45) is 2.21. The predicted molar refractivity (Wildman–Crippen MR) is 66.2 cm³/mol. The molecule has 1 atom stereocenters. The highest BCUT2D eigenvalue weighted by molar-refractivity contribution is 7.80. The lowest BCUT2D eigenvalue weighted by Crippen LogP contribution is -2.54. The maximum atomic E-state index is 11.9. The van der Waals surface area contributed by atoms with Gasteiger partial charge in [0, 0.05) is 13.2 Å². The van der Waals surface area contributed by atoms with Crippen LogP contribution in [0.3, 0.4) is 0 Å². The van der Waals surface area contributed by atoms with Crippen LogP contribution in [0.1, 0.15) is 30.8 Å². The zero-order valence-corrected chi connectivity index (χ0v) is 10.5. The molecule has 0 aliphatic rings. The lowest BCUT2D eigenvalue weighted by Gasteiger charge is -2.28. The number of aromatic nitrogens is 2. The molecule has 0 fully saturated rings. The van der Waals surface area contributed by atoms with Gasteiger partial charge in [-0.3, -0.25) is 9.48 Å². The van der Waals surface area contributed by atoms with Gasteiger partial charge in [0.2, 0.25) is 0 Å². The fourth-order valence-electron chi connectivity index (χ4n) is 1.24. The van der Waals surface area contributed by atoms with Crippen molar-refractivity contribution in [1.82, 2.24) is 15.1 Å². The highest BCUT2D eigenvalue weighted by Gasteiger charge is 2.28. The van der Waals surface area contributed by atoms with Crippen LogP contribution >= 0.6 is 12.2 Å². The Morgan fingerprint density at radius 2 is 2.38 bits per heavy atom. The molecule has 0 aliphatic carbocycles. The number of thiocarbonyl (C=S) groups is 1. The molecule has 1 rings (SSSR count). The molecular formula is C10H16N4OS. The third-order valence-electron chi connectivity index (χ3n) is 2.69. The number of aryl methyl sites for hydroxylation is 1. The number of amides is 1. The van der Waals surface area contributed by atoms with E-state index in [4.69, 9.17) is 18.0 Å². The minimum atomic E-state index is -0.656. The van der Waals surface area contributed by atoms with Crippen LogP contribution in [0.5, 0.6) is 0 Å². The molecule has 16 heavy (non-hydrogen) atoms. The van der Waals surface area contributed by atoms with E-state index in [1.54, 1.807) is 19.3 Å². The van der Waals surface area contributed by atoms with Gasteiger partial charge in [-0.2, -0.15) is 5.10 Å². The molecule has 0 aromatic carbocycles. The smallest absolute Gasteiger partial charge is 0.270 e.